The first-order chi connectivity index (χ1) is 9.13. The third-order valence-electron chi connectivity index (χ3n) is 2.66. The van der Waals surface area contributed by atoms with E-state index in [2.05, 4.69) is 29.6 Å². The van der Waals surface area contributed by atoms with Crippen LogP contribution in [0.5, 0.6) is 0 Å². The SMILES string of the molecule is COCCNC(=O)CCNCc1ccn(C(C)C)n1. The van der Waals surface area contributed by atoms with Gasteiger partial charge in [0, 0.05) is 45.4 Å². The number of aromatic nitrogens is 2. The highest BCUT2D eigenvalue weighted by Gasteiger charge is 2.03. The average Bonchev–Trinajstić information content (AvgIpc) is 2.84. The van der Waals surface area contributed by atoms with E-state index in [0.717, 1.165) is 5.69 Å². The minimum atomic E-state index is 0.0391. The molecule has 0 bridgehead atoms. The molecule has 0 radical (unpaired) electrons. The molecule has 6 heteroatoms. The van der Waals surface area contributed by atoms with E-state index >= 15 is 0 Å². The maximum atomic E-state index is 11.4. The van der Waals surface area contributed by atoms with Crippen LogP contribution in [0.3, 0.4) is 0 Å². The molecule has 0 aliphatic carbocycles. The molecule has 1 heterocycles. The lowest BCUT2D eigenvalue weighted by Crippen LogP contribution is -2.30. The molecule has 1 amide bonds. The van der Waals surface area contributed by atoms with Gasteiger partial charge in [-0.1, -0.05) is 0 Å². The molecule has 19 heavy (non-hydrogen) atoms. The molecule has 1 aromatic heterocycles. The quantitative estimate of drug-likeness (QED) is 0.647. The van der Waals surface area contributed by atoms with Crippen LogP contribution in [-0.2, 0) is 16.1 Å². The van der Waals surface area contributed by atoms with Crippen molar-refractivity contribution in [1.82, 2.24) is 20.4 Å². The van der Waals surface area contributed by atoms with Crippen molar-refractivity contribution in [2.45, 2.75) is 32.9 Å². The zero-order valence-corrected chi connectivity index (χ0v) is 12.0. The van der Waals surface area contributed by atoms with E-state index in [1.165, 1.54) is 0 Å². The Balaban J connectivity index is 2.11. The van der Waals surface area contributed by atoms with Crippen LogP contribution < -0.4 is 10.6 Å². The van der Waals surface area contributed by atoms with Crippen molar-refractivity contribution < 1.29 is 9.53 Å². The molecule has 1 aromatic rings. The molecule has 2 N–H and O–H groups in total. The van der Waals surface area contributed by atoms with Crippen LogP contribution in [0.2, 0.25) is 0 Å². The molecule has 0 aliphatic heterocycles. The number of hydrogen-bond acceptors (Lipinski definition) is 4. The van der Waals surface area contributed by atoms with Gasteiger partial charge in [0.1, 0.15) is 0 Å². The summed E-state index contributed by atoms with van der Waals surface area (Å²) in [6.45, 7) is 6.63. The number of carbonyl (C=O) groups excluding carboxylic acids is 1. The molecule has 1 rings (SSSR count). The molecule has 0 atom stereocenters. The fourth-order valence-electron chi connectivity index (χ4n) is 1.56. The van der Waals surface area contributed by atoms with Crippen LogP contribution in [0.4, 0.5) is 0 Å². The van der Waals surface area contributed by atoms with Gasteiger partial charge in [0.15, 0.2) is 0 Å². The topological polar surface area (TPSA) is 68.2 Å². The first-order valence-corrected chi connectivity index (χ1v) is 6.64. The van der Waals surface area contributed by atoms with E-state index in [-0.39, 0.29) is 5.91 Å². The monoisotopic (exact) mass is 268 g/mol. The number of amides is 1. The van der Waals surface area contributed by atoms with Crippen molar-refractivity contribution in [1.29, 1.82) is 0 Å². The van der Waals surface area contributed by atoms with Gasteiger partial charge in [0.05, 0.1) is 12.3 Å². The van der Waals surface area contributed by atoms with Crippen molar-refractivity contribution in [2.75, 3.05) is 26.8 Å². The number of carbonyl (C=O) groups is 1. The van der Waals surface area contributed by atoms with E-state index in [9.17, 15) is 4.79 Å². The molecule has 0 unspecified atom stereocenters. The van der Waals surface area contributed by atoms with Crippen LogP contribution >= 0.6 is 0 Å². The summed E-state index contributed by atoms with van der Waals surface area (Å²) in [5, 5.41) is 10.4. The van der Waals surface area contributed by atoms with E-state index < -0.39 is 0 Å². The number of rotatable bonds is 9. The molecule has 0 spiro atoms. The second-order valence-electron chi connectivity index (χ2n) is 4.65. The van der Waals surface area contributed by atoms with Gasteiger partial charge in [-0.15, -0.1) is 0 Å². The van der Waals surface area contributed by atoms with Gasteiger partial charge in [0.2, 0.25) is 5.91 Å². The largest absolute Gasteiger partial charge is 0.383 e. The summed E-state index contributed by atoms with van der Waals surface area (Å²) in [5.41, 5.74) is 0.994. The second kappa shape index (κ2) is 8.66. The Morgan fingerprint density at radius 1 is 1.47 bits per heavy atom. The lowest BCUT2D eigenvalue weighted by atomic mass is 10.3. The van der Waals surface area contributed by atoms with Gasteiger partial charge in [-0.3, -0.25) is 9.48 Å². The Morgan fingerprint density at radius 2 is 2.26 bits per heavy atom. The standard InChI is InChI=1S/C13H24N4O2/c1-11(2)17-8-5-12(16-17)10-14-6-4-13(18)15-7-9-19-3/h5,8,11,14H,4,6-7,9-10H2,1-3H3,(H,15,18). The first-order valence-electron chi connectivity index (χ1n) is 6.64. The lowest BCUT2D eigenvalue weighted by Gasteiger charge is -2.06. The second-order valence-corrected chi connectivity index (χ2v) is 4.65. The highest BCUT2D eigenvalue weighted by Crippen LogP contribution is 2.03. The predicted octanol–water partition coefficient (Wildman–Crippen LogP) is 0.706. The Hall–Kier alpha value is -1.40. The molecule has 0 saturated carbocycles. The number of nitrogens with zero attached hydrogens (tertiary/aromatic N) is 2. The van der Waals surface area contributed by atoms with Crippen LogP contribution in [0.25, 0.3) is 0 Å². The van der Waals surface area contributed by atoms with Crippen molar-refractivity contribution in [2.24, 2.45) is 0 Å². The molecular weight excluding hydrogens is 244 g/mol. The van der Waals surface area contributed by atoms with Crippen molar-refractivity contribution in [3.05, 3.63) is 18.0 Å². The van der Waals surface area contributed by atoms with Gasteiger partial charge in [-0.05, 0) is 19.9 Å². The molecule has 0 fully saturated rings. The Labute approximate surface area is 114 Å². The molecule has 108 valence electrons. The molecule has 0 saturated heterocycles. The number of hydrogen-bond donors (Lipinski definition) is 2. The van der Waals surface area contributed by atoms with Crippen LogP contribution in [0.1, 0.15) is 32.0 Å². The molecule has 0 aromatic carbocycles. The van der Waals surface area contributed by atoms with Crippen LogP contribution in [0.15, 0.2) is 12.3 Å². The summed E-state index contributed by atoms with van der Waals surface area (Å²) in [7, 11) is 1.62. The van der Waals surface area contributed by atoms with E-state index in [1.807, 2.05) is 16.9 Å². The Kier molecular flexibility index (Phi) is 7.14. The Bertz CT molecular complexity index is 376. The van der Waals surface area contributed by atoms with E-state index in [1.54, 1.807) is 7.11 Å². The molecule has 6 nitrogen and oxygen atoms in total. The van der Waals surface area contributed by atoms with E-state index in [4.69, 9.17) is 4.74 Å². The molecular formula is C13H24N4O2. The summed E-state index contributed by atoms with van der Waals surface area (Å²) in [6.07, 6.45) is 2.44. The number of ether oxygens (including phenoxy) is 1. The summed E-state index contributed by atoms with van der Waals surface area (Å²) >= 11 is 0. The minimum absolute atomic E-state index is 0.0391. The average molecular weight is 268 g/mol. The smallest absolute Gasteiger partial charge is 0.221 e. The third-order valence-corrected chi connectivity index (χ3v) is 2.66. The summed E-state index contributed by atoms with van der Waals surface area (Å²) in [4.78, 5) is 11.4. The third kappa shape index (κ3) is 6.35. The first kappa shape index (κ1) is 15.7. The maximum absolute atomic E-state index is 11.4. The number of methoxy groups -OCH3 is 1. The fourth-order valence-corrected chi connectivity index (χ4v) is 1.56. The van der Waals surface area contributed by atoms with Gasteiger partial charge in [0.25, 0.3) is 0 Å². The fraction of sp³-hybridized carbons (Fsp3) is 0.692. The van der Waals surface area contributed by atoms with Gasteiger partial charge in [-0.25, -0.2) is 0 Å². The molecule has 0 aliphatic rings. The van der Waals surface area contributed by atoms with Crippen LogP contribution in [0, 0.1) is 0 Å². The highest BCUT2D eigenvalue weighted by molar-refractivity contribution is 5.75. The van der Waals surface area contributed by atoms with Gasteiger partial charge >= 0.3 is 0 Å². The lowest BCUT2D eigenvalue weighted by molar-refractivity contribution is -0.121. The number of nitrogens with one attached hydrogen (secondary N) is 2. The minimum Gasteiger partial charge on any atom is -0.383 e. The Morgan fingerprint density at radius 3 is 2.89 bits per heavy atom. The van der Waals surface area contributed by atoms with Gasteiger partial charge in [-0.2, -0.15) is 5.10 Å². The van der Waals surface area contributed by atoms with Crippen molar-refractivity contribution in [3.63, 3.8) is 0 Å². The maximum Gasteiger partial charge on any atom is 0.221 e. The van der Waals surface area contributed by atoms with Crippen LogP contribution in [-0.4, -0.2) is 42.5 Å². The zero-order valence-electron chi connectivity index (χ0n) is 12.0. The van der Waals surface area contributed by atoms with Crippen molar-refractivity contribution in [3.8, 4) is 0 Å². The zero-order chi connectivity index (χ0) is 14.1. The highest BCUT2D eigenvalue weighted by atomic mass is 16.5. The van der Waals surface area contributed by atoms with Gasteiger partial charge < -0.3 is 15.4 Å². The summed E-state index contributed by atoms with van der Waals surface area (Å²) < 4.78 is 6.78. The predicted molar refractivity (Wildman–Crippen MR) is 73.8 cm³/mol. The van der Waals surface area contributed by atoms with E-state index in [0.29, 0.717) is 38.7 Å². The summed E-state index contributed by atoms with van der Waals surface area (Å²) in [5.74, 6) is 0.0391. The normalized spacial score (nSPS) is 10.9. The summed E-state index contributed by atoms with van der Waals surface area (Å²) in [6, 6.07) is 2.37. The van der Waals surface area contributed by atoms with Crippen molar-refractivity contribution >= 4 is 5.91 Å².